The minimum absolute atomic E-state index is 0.236. The third-order valence-corrected chi connectivity index (χ3v) is 3.34. The van der Waals surface area contributed by atoms with Crippen LogP contribution < -0.4 is 0 Å². The van der Waals surface area contributed by atoms with Gasteiger partial charge in [-0.2, -0.15) is 0 Å². The van der Waals surface area contributed by atoms with Crippen molar-refractivity contribution in [1.82, 2.24) is 4.90 Å². The van der Waals surface area contributed by atoms with Crippen molar-refractivity contribution in [3.8, 4) is 0 Å². The molecule has 0 spiro atoms. The predicted octanol–water partition coefficient (Wildman–Crippen LogP) is 4.32. The summed E-state index contributed by atoms with van der Waals surface area (Å²) in [6, 6.07) is 4.94. The van der Waals surface area contributed by atoms with Gasteiger partial charge in [0.15, 0.2) is 0 Å². The highest BCUT2D eigenvalue weighted by atomic mass is 35.5. The summed E-state index contributed by atoms with van der Waals surface area (Å²) in [5, 5.41) is 0.236. The van der Waals surface area contributed by atoms with Gasteiger partial charge < -0.3 is 4.90 Å². The zero-order valence-electron chi connectivity index (χ0n) is 10.1. The first-order chi connectivity index (χ1) is 8.15. The van der Waals surface area contributed by atoms with Crippen LogP contribution in [0.3, 0.4) is 0 Å². The molecular formula is C13H18Cl2FN. The third kappa shape index (κ3) is 5.24. The van der Waals surface area contributed by atoms with Crippen molar-refractivity contribution in [2.75, 3.05) is 19.5 Å². The highest BCUT2D eigenvalue weighted by Gasteiger charge is 2.07. The number of rotatable bonds is 7. The first-order valence-corrected chi connectivity index (χ1v) is 6.73. The van der Waals surface area contributed by atoms with Crippen LogP contribution in [0, 0.1) is 5.82 Å². The van der Waals surface area contributed by atoms with Crippen molar-refractivity contribution in [2.45, 2.75) is 25.8 Å². The summed E-state index contributed by atoms with van der Waals surface area (Å²) in [5.41, 5.74) is 0.839. The number of hydrogen-bond donors (Lipinski definition) is 0. The normalized spacial score (nSPS) is 11.1. The van der Waals surface area contributed by atoms with Gasteiger partial charge in [-0.15, -0.1) is 11.6 Å². The molecular weight excluding hydrogens is 260 g/mol. The van der Waals surface area contributed by atoms with Crippen LogP contribution in [0.2, 0.25) is 5.02 Å². The van der Waals surface area contributed by atoms with Crippen molar-refractivity contribution in [3.63, 3.8) is 0 Å². The van der Waals surface area contributed by atoms with E-state index in [1.165, 1.54) is 6.07 Å². The second-order valence-corrected chi connectivity index (χ2v) is 4.96. The fourth-order valence-electron chi connectivity index (χ4n) is 1.69. The molecule has 96 valence electrons. The summed E-state index contributed by atoms with van der Waals surface area (Å²) in [5.74, 6) is 0.374. The molecule has 0 amide bonds. The number of nitrogens with zero attached hydrogens (tertiary/aromatic N) is 1. The smallest absolute Gasteiger partial charge is 0.142 e. The van der Waals surface area contributed by atoms with Crippen molar-refractivity contribution in [1.29, 1.82) is 0 Å². The average molecular weight is 278 g/mol. The Bertz CT molecular complexity index is 344. The molecule has 0 aliphatic carbocycles. The molecule has 0 radical (unpaired) electrons. The van der Waals surface area contributed by atoms with Crippen molar-refractivity contribution in [2.24, 2.45) is 0 Å². The van der Waals surface area contributed by atoms with Gasteiger partial charge in [-0.25, -0.2) is 4.39 Å². The summed E-state index contributed by atoms with van der Waals surface area (Å²) < 4.78 is 13.2. The average Bonchev–Trinajstić information content (AvgIpc) is 2.31. The molecule has 1 nitrogen and oxygen atoms in total. The van der Waals surface area contributed by atoms with E-state index in [1.54, 1.807) is 6.07 Å². The zero-order chi connectivity index (χ0) is 12.7. The molecule has 0 heterocycles. The number of unbranched alkanes of at least 4 members (excludes halogenated alkanes) is 2. The van der Waals surface area contributed by atoms with E-state index in [9.17, 15) is 4.39 Å². The molecule has 0 atom stereocenters. The van der Waals surface area contributed by atoms with Crippen LogP contribution in [0.5, 0.6) is 0 Å². The minimum Gasteiger partial charge on any atom is -0.302 e. The van der Waals surface area contributed by atoms with Crippen LogP contribution >= 0.6 is 23.2 Å². The predicted molar refractivity (Wildman–Crippen MR) is 72.3 cm³/mol. The summed E-state index contributed by atoms with van der Waals surface area (Å²) in [6.07, 6.45) is 3.29. The molecule has 1 aromatic rings. The lowest BCUT2D eigenvalue weighted by molar-refractivity contribution is 0.318. The molecule has 0 saturated heterocycles. The molecule has 0 bridgehead atoms. The van der Waals surface area contributed by atoms with Crippen LogP contribution in [0.15, 0.2) is 18.2 Å². The fraction of sp³-hybridized carbons (Fsp3) is 0.538. The van der Waals surface area contributed by atoms with E-state index >= 15 is 0 Å². The first kappa shape index (κ1) is 14.7. The Hall–Kier alpha value is -0.310. The van der Waals surface area contributed by atoms with Gasteiger partial charge >= 0.3 is 0 Å². The van der Waals surface area contributed by atoms with E-state index in [1.807, 2.05) is 13.1 Å². The molecule has 0 aliphatic rings. The molecule has 4 heteroatoms. The molecule has 0 N–H and O–H groups in total. The molecule has 0 saturated carbocycles. The highest BCUT2D eigenvalue weighted by Crippen LogP contribution is 2.20. The summed E-state index contributed by atoms with van der Waals surface area (Å²) in [6.45, 7) is 1.65. The number of alkyl halides is 1. The lowest BCUT2D eigenvalue weighted by Crippen LogP contribution is -2.19. The van der Waals surface area contributed by atoms with Crippen LogP contribution in [0.25, 0.3) is 0 Å². The second kappa shape index (κ2) is 7.91. The van der Waals surface area contributed by atoms with Gasteiger partial charge in [0, 0.05) is 12.4 Å². The van der Waals surface area contributed by atoms with Crippen molar-refractivity contribution < 1.29 is 4.39 Å². The molecule has 17 heavy (non-hydrogen) atoms. The van der Waals surface area contributed by atoms with Gasteiger partial charge in [0.2, 0.25) is 0 Å². The van der Waals surface area contributed by atoms with E-state index < -0.39 is 0 Å². The van der Waals surface area contributed by atoms with E-state index in [4.69, 9.17) is 23.2 Å². The van der Waals surface area contributed by atoms with E-state index in [-0.39, 0.29) is 10.8 Å². The number of hydrogen-bond acceptors (Lipinski definition) is 1. The summed E-state index contributed by atoms with van der Waals surface area (Å²) in [4.78, 5) is 2.15. The molecule has 0 unspecified atom stereocenters. The van der Waals surface area contributed by atoms with E-state index in [0.29, 0.717) is 6.54 Å². The van der Waals surface area contributed by atoms with E-state index in [0.717, 1.165) is 37.3 Å². The van der Waals surface area contributed by atoms with Crippen LogP contribution in [0.4, 0.5) is 4.39 Å². The van der Waals surface area contributed by atoms with Crippen LogP contribution in [0.1, 0.15) is 24.8 Å². The Morgan fingerprint density at radius 2 is 2.00 bits per heavy atom. The SMILES string of the molecule is CN(CCCCCCl)Cc1cccc(F)c1Cl. The Labute approximate surface area is 113 Å². The van der Waals surface area contributed by atoms with Gasteiger partial charge in [-0.3, -0.25) is 0 Å². The monoisotopic (exact) mass is 277 g/mol. The molecule has 0 fully saturated rings. The summed E-state index contributed by atoms with van der Waals surface area (Å²) in [7, 11) is 2.02. The second-order valence-electron chi connectivity index (χ2n) is 4.20. The quantitative estimate of drug-likeness (QED) is 0.530. The van der Waals surface area contributed by atoms with Gasteiger partial charge in [0.25, 0.3) is 0 Å². The van der Waals surface area contributed by atoms with E-state index in [2.05, 4.69) is 4.90 Å². The maximum atomic E-state index is 13.2. The van der Waals surface area contributed by atoms with Crippen molar-refractivity contribution in [3.05, 3.63) is 34.6 Å². The van der Waals surface area contributed by atoms with Gasteiger partial charge in [0.05, 0.1) is 5.02 Å². The maximum absolute atomic E-state index is 13.2. The van der Waals surface area contributed by atoms with Gasteiger partial charge in [0.1, 0.15) is 5.82 Å². The largest absolute Gasteiger partial charge is 0.302 e. The third-order valence-electron chi connectivity index (χ3n) is 2.65. The standard InChI is InChI=1S/C13H18Cl2FN/c1-17(9-4-2-3-8-14)10-11-6-5-7-12(16)13(11)15/h5-7H,2-4,8-10H2,1H3. The minimum atomic E-state index is -0.347. The molecule has 0 aromatic heterocycles. The lowest BCUT2D eigenvalue weighted by Gasteiger charge is -2.17. The number of halogens is 3. The van der Waals surface area contributed by atoms with Crippen molar-refractivity contribution >= 4 is 23.2 Å². The van der Waals surface area contributed by atoms with Crippen LogP contribution in [-0.2, 0) is 6.54 Å². The molecule has 1 rings (SSSR count). The molecule has 0 aliphatic heterocycles. The Balaban J connectivity index is 2.39. The van der Waals surface area contributed by atoms with Gasteiger partial charge in [-0.1, -0.05) is 30.2 Å². The Morgan fingerprint density at radius 1 is 1.24 bits per heavy atom. The fourth-order valence-corrected chi connectivity index (χ4v) is 2.07. The Kier molecular flexibility index (Phi) is 6.86. The topological polar surface area (TPSA) is 3.24 Å². The zero-order valence-corrected chi connectivity index (χ0v) is 11.6. The first-order valence-electron chi connectivity index (χ1n) is 5.82. The molecule has 1 aromatic carbocycles. The number of benzene rings is 1. The highest BCUT2D eigenvalue weighted by molar-refractivity contribution is 6.31. The van der Waals surface area contributed by atoms with Crippen LogP contribution in [-0.4, -0.2) is 24.4 Å². The lowest BCUT2D eigenvalue weighted by atomic mass is 10.2. The summed E-state index contributed by atoms with van der Waals surface area (Å²) >= 11 is 11.5. The Morgan fingerprint density at radius 3 is 2.71 bits per heavy atom. The maximum Gasteiger partial charge on any atom is 0.142 e. The van der Waals surface area contributed by atoms with Gasteiger partial charge in [-0.05, 0) is 38.1 Å².